The first-order valence-corrected chi connectivity index (χ1v) is 6.47. The van der Waals surface area contributed by atoms with Crippen LogP contribution in [0, 0.1) is 5.82 Å². The first-order chi connectivity index (χ1) is 8.22. The highest BCUT2D eigenvalue weighted by Gasteiger charge is 2.19. The van der Waals surface area contributed by atoms with Crippen LogP contribution in [0.25, 0.3) is 0 Å². The highest BCUT2D eigenvalue weighted by Crippen LogP contribution is 2.27. The number of hydrogen-bond donors (Lipinski definition) is 1. The topological polar surface area (TPSA) is 29.3 Å². The molecule has 1 saturated heterocycles. The Kier molecular flexibility index (Phi) is 4.00. The third-order valence-corrected chi connectivity index (χ3v) is 3.61. The zero-order valence-corrected chi connectivity index (χ0v) is 10.5. The molecule has 0 amide bonds. The van der Waals surface area contributed by atoms with Crippen LogP contribution in [-0.2, 0) is 6.54 Å². The lowest BCUT2D eigenvalue weighted by molar-refractivity contribution is 0.579. The maximum absolute atomic E-state index is 14.0. The van der Waals surface area contributed by atoms with Crippen LogP contribution >= 0.6 is 0 Å². The van der Waals surface area contributed by atoms with Gasteiger partial charge in [-0.2, -0.15) is 0 Å². The van der Waals surface area contributed by atoms with E-state index >= 15 is 0 Å². The largest absolute Gasteiger partial charge is 0.366 e. The third kappa shape index (κ3) is 2.78. The molecule has 1 heterocycles. The van der Waals surface area contributed by atoms with Gasteiger partial charge in [0, 0.05) is 19.1 Å². The molecule has 0 aromatic heterocycles. The van der Waals surface area contributed by atoms with Crippen molar-refractivity contribution in [1.29, 1.82) is 0 Å². The molecule has 0 saturated carbocycles. The smallest absolute Gasteiger partial charge is 0.146 e. The minimum atomic E-state index is -0.137. The van der Waals surface area contributed by atoms with Crippen LogP contribution in [0.4, 0.5) is 10.1 Å². The predicted octanol–water partition coefficient (Wildman–Crippen LogP) is 3.05. The number of nitrogens with two attached hydrogens (primary N) is 1. The second kappa shape index (κ2) is 5.50. The molecular formula is C14H21FN2. The number of benzene rings is 1. The molecule has 1 aliphatic rings. The first kappa shape index (κ1) is 12.4. The maximum atomic E-state index is 14.0. The lowest BCUT2D eigenvalue weighted by Crippen LogP contribution is -2.33. The van der Waals surface area contributed by atoms with Crippen LogP contribution in [0.3, 0.4) is 0 Å². The van der Waals surface area contributed by atoms with E-state index in [2.05, 4.69) is 11.8 Å². The Balaban J connectivity index is 2.25. The lowest BCUT2D eigenvalue weighted by atomic mass is 10.1. The van der Waals surface area contributed by atoms with E-state index in [1.165, 1.54) is 12.8 Å². The van der Waals surface area contributed by atoms with Crippen LogP contribution < -0.4 is 10.6 Å². The van der Waals surface area contributed by atoms with Gasteiger partial charge in [-0.1, -0.05) is 18.9 Å². The SMILES string of the molecule is CC1CCCCCN1c1ccc(CN)cc1F. The van der Waals surface area contributed by atoms with E-state index in [1.54, 1.807) is 6.07 Å². The predicted molar refractivity (Wildman–Crippen MR) is 69.6 cm³/mol. The molecule has 0 radical (unpaired) electrons. The summed E-state index contributed by atoms with van der Waals surface area (Å²) in [5, 5.41) is 0. The van der Waals surface area contributed by atoms with E-state index < -0.39 is 0 Å². The molecule has 0 bridgehead atoms. The second-order valence-electron chi connectivity index (χ2n) is 4.88. The summed E-state index contributed by atoms with van der Waals surface area (Å²) in [7, 11) is 0. The molecular weight excluding hydrogens is 215 g/mol. The molecule has 2 nitrogen and oxygen atoms in total. The van der Waals surface area contributed by atoms with Crippen molar-refractivity contribution in [2.24, 2.45) is 5.73 Å². The van der Waals surface area contributed by atoms with E-state index in [4.69, 9.17) is 5.73 Å². The van der Waals surface area contributed by atoms with Crippen molar-refractivity contribution in [2.45, 2.75) is 45.2 Å². The summed E-state index contributed by atoms with van der Waals surface area (Å²) in [4.78, 5) is 2.20. The highest BCUT2D eigenvalue weighted by atomic mass is 19.1. The average Bonchev–Trinajstić information content (AvgIpc) is 2.54. The zero-order valence-electron chi connectivity index (χ0n) is 10.5. The summed E-state index contributed by atoms with van der Waals surface area (Å²) in [6.07, 6.45) is 4.81. The second-order valence-corrected chi connectivity index (χ2v) is 4.88. The molecule has 1 aromatic carbocycles. The Morgan fingerprint density at radius 1 is 1.35 bits per heavy atom. The van der Waals surface area contributed by atoms with Gasteiger partial charge in [0.1, 0.15) is 5.82 Å². The normalized spacial score (nSPS) is 21.4. The van der Waals surface area contributed by atoms with Gasteiger partial charge in [-0.3, -0.25) is 0 Å². The Morgan fingerprint density at radius 2 is 2.18 bits per heavy atom. The number of nitrogens with zero attached hydrogens (tertiary/aromatic N) is 1. The lowest BCUT2D eigenvalue weighted by Gasteiger charge is -2.30. The number of hydrogen-bond acceptors (Lipinski definition) is 2. The van der Waals surface area contributed by atoms with Crippen molar-refractivity contribution in [2.75, 3.05) is 11.4 Å². The summed E-state index contributed by atoms with van der Waals surface area (Å²) in [6, 6.07) is 5.79. The summed E-state index contributed by atoms with van der Waals surface area (Å²) < 4.78 is 14.0. The molecule has 3 heteroatoms. The van der Waals surface area contributed by atoms with Crippen LogP contribution in [0.2, 0.25) is 0 Å². The van der Waals surface area contributed by atoms with Crippen molar-refractivity contribution in [3.05, 3.63) is 29.6 Å². The maximum Gasteiger partial charge on any atom is 0.146 e. The van der Waals surface area contributed by atoms with Crippen molar-refractivity contribution in [3.8, 4) is 0 Å². The van der Waals surface area contributed by atoms with Gasteiger partial charge in [0.05, 0.1) is 5.69 Å². The van der Waals surface area contributed by atoms with Gasteiger partial charge in [-0.05, 0) is 37.5 Å². The van der Waals surface area contributed by atoms with Crippen LogP contribution in [-0.4, -0.2) is 12.6 Å². The van der Waals surface area contributed by atoms with Gasteiger partial charge in [0.25, 0.3) is 0 Å². The first-order valence-electron chi connectivity index (χ1n) is 6.47. The minimum Gasteiger partial charge on any atom is -0.366 e. The van der Waals surface area contributed by atoms with Crippen molar-refractivity contribution in [1.82, 2.24) is 0 Å². The van der Waals surface area contributed by atoms with Gasteiger partial charge in [0.15, 0.2) is 0 Å². The quantitative estimate of drug-likeness (QED) is 0.855. The van der Waals surface area contributed by atoms with E-state index in [-0.39, 0.29) is 5.82 Å². The Labute approximate surface area is 103 Å². The van der Waals surface area contributed by atoms with Crippen LogP contribution in [0.5, 0.6) is 0 Å². The standard InChI is InChI=1S/C14H21FN2/c1-11-5-3-2-4-8-17(11)14-7-6-12(10-16)9-13(14)15/h6-7,9,11H,2-5,8,10,16H2,1H3. The molecule has 2 N–H and O–H groups in total. The summed E-state index contributed by atoms with van der Waals surface area (Å²) >= 11 is 0. The Morgan fingerprint density at radius 3 is 2.88 bits per heavy atom. The van der Waals surface area contributed by atoms with Crippen molar-refractivity contribution < 1.29 is 4.39 Å². The molecule has 1 fully saturated rings. The fourth-order valence-corrected chi connectivity index (χ4v) is 2.54. The zero-order chi connectivity index (χ0) is 12.3. The number of anilines is 1. The van der Waals surface area contributed by atoms with Gasteiger partial charge in [0.2, 0.25) is 0 Å². The van der Waals surface area contributed by atoms with Gasteiger partial charge in [-0.25, -0.2) is 4.39 Å². The number of rotatable bonds is 2. The number of halogens is 1. The summed E-state index contributed by atoms with van der Waals surface area (Å²) in [6.45, 7) is 3.54. The van der Waals surface area contributed by atoms with Crippen LogP contribution in [0.1, 0.15) is 38.2 Å². The van der Waals surface area contributed by atoms with E-state index in [0.29, 0.717) is 12.6 Å². The minimum absolute atomic E-state index is 0.137. The average molecular weight is 236 g/mol. The molecule has 17 heavy (non-hydrogen) atoms. The van der Waals surface area contributed by atoms with E-state index in [0.717, 1.165) is 30.6 Å². The summed E-state index contributed by atoms with van der Waals surface area (Å²) in [5.41, 5.74) is 7.11. The van der Waals surface area contributed by atoms with Gasteiger partial charge >= 0.3 is 0 Å². The Hall–Kier alpha value is -1.09. The molecule has 0 spiro atoms. The van der Waals surface area contributed by atoms with E-state index in [9.17, 15) is 4.39 Å². The van der Waals surface area contributed by atoms with Gasteiger partial charge in [-0.15, -0.1) is 0 Å². The molecule has 2 rings (SSSR count). The fraction of sp³-hybridized carbons (Fsp3) is 0.571. The third-order valence-electron chi connectivity index (χ3n) is 3.61. The Bertz CT molecular complexity index is 378. The molecule has 1 aromatic rings. The molecule has 1 atom stereocenters. The summed E-state index contributed by atoms with van der Waals surface area (Å²) in [5.74, 6) is -0.137. The van der Waals surface area contributed by atoms with Crippen LogP contribution in [0.15, 0.2) is 18.2 Å². The van der Waals surface area contributed by atoms with Gasteiger partial charge < -0.3 is 10.6 Å². The monoisotopic (exact) mass is 236 g/mol. The molecule has 0 aliphatic carbocycles. The van der Waals surface area contributed by atoms with Crippen molar-refractivity contribution in [3.63, 3.8) is 0 Å². The molecule has 1 aliphatic heterocycles. The van der Waals surface area contributed by atoms with E-state index in [1.807, 2.05) is 12.1 Å². The molecule has 1 unspecified atom stereocenters. The highest BCUT2D eigenvalue weighted by molar-refractivity contribution is 5.50. The van der Waals surface area contributed by atoms with Crippen molar-refractivity contribution >= 4 is 5.69 Å². The molecule has 94 valence electrons. The fourth-order valence-electron chi connectivity index (χ4n) is 2.54.